The molecule has 3 aromatic heterocycles. The molecule has 8 nitrogen and oxygen atoms in total. The monoisotopic (exact) mass is 456 g/mol. The summed E-state index contributed by atoms with van der Waals surface area (Å²) in [4.78, 5) is 4.37. The lowest BCUT2D eigenvalue weighted by Gasteiger charge is -2.11. The number of rotatable bonds is 5. The number of hydrogen-bond donors (Lipinski definition) is 1. The molecular formula is C24H20N6O2S. The van der Waals surface area contributed by atoms with E-state index in [-0.39, 0.29) is 4.90 Å². The topological polar surface area (TPSA) is 102 Å². The van der Waals surface area contributed by atoms with Crippen molar-refractivity contribution in [2.24, 2.45) is 0 Å². The van der Waals surface area contributed by atoms with Crippen molar-refractivity contribution in [1.82, 2.24) is 24.8 Å². The number of fused-ring (bicyclic) bond motifs is 1. The highest BCUT2D eigenvalue weighted by Gasteiger charge is 2.16. The average Bonchev–Trinajstić information content (AvgIpc) is 3.22. The van der Waals surface area contributed by atoms with Crippen LogP contribution in [0.15, 0.2) is 84.0 Å². The third-order valence-electron chi connectivity index (χ3n) is 5.10. The smallest absolute Gasteiger partial charge is 0.261 e. The lowest BCUT2D eigenvalue weighted by molar-refractivity contribution is 0.601. The van der Waals surface area contributed by atoms with Gasteiger partial charge in [0, 0.05) is 29.2 Å². The first-order valence-corrected chi connectivity index (χ1v) is 11.7. The van der Waals surface area contributed by atoms with Crippen LogP contribution in [0.5, 0.6) is 0 Å². The maximum atomic E-state index is 12.9. The third kappa shape index (κ3) is 4.18. The molecule has 0 fully saturated rings. The van der Waals surface area contributed by atoms with Crippen LogP contribution < -0.4 is 4.72 Å². The van der Waals surface area contributed by atoms with Crippen LogP contribution in [0.4, 0.5) is 5.69 Å². The average molecular weight is 457 g/mol. The molecule has 164 valence electrons. The minimum absolute atomic E-state index is 0.232. The van der Waals surface area contributed by atoms with E-state index in [1.54, 1.807) is 47.2 Å². The van der Waals surface area contributed by atoms with Crippen molar-refractivity contribution >= 4 is 21.4 Å². The van der Waals surface area contributed by atoms with Gasteiger partial charge in [-0.05, 0) is 73.5 Å². The van der Waals surface area contributed by atoms with Crippen LogP contribution in [-0.4, -0.2) is 33.2 Å². The number of nitrogens with one attached hydrogen (secondary N) is 1. The molecule has 0 atom stereocenters. The van der Waals surface area contributed by atoms with Gasteiger partial charge in [0.25, 0.3) is 10.0 Å². The van der Waals surface area contributed by atoms with Crippen molar-refractivity contribution in [2.45, 2.75) is 18.7 Å². The molecule has 0 bridgehead atoms. The second-order valence-electron chi connectivity index (χ2n) is 7.76. The summed E-state index contributed by atoms with van der Waals surface area (Å²) in [6.07, 6.45) is 3.39. The SMILES string of the molecule is Cc1cc(C)cc(S(=O)(=O)Nc2cccc(-c3ccc4nnc(-c5cccnc5)n4n3)c2)c1. The largest absolute Gasteiger partial charge is 0.280 e. The zero-order chi connectivity index (χ0) is 23.0. The van der Waals surface area contributed by atoms with E-state index in [1.165, 1.54) is 0 Å². The van der Waals surface area contributed by atoms with Gasteiger partial charge in [0.1, 0.15) is 0 Å². The summed E-state index contributed by atoms with van der Waals surface area (Å²) in [5.74, 6) is 0.576. The van der Waals surface area contributed by atoms with Crippen molar-refractivity contribution in [1.29, 1.82) is 0 Å². The van der Waals surface area contributed by atoms with Crippen molar-refractivity contribution in [2.75, 3.05) is 4.72 Å². The Morgan fingerprint density at radius 2 is 1.64 bits per heavy atom. The molecule has 0 saturated carbocycles. The molecule has 0 unspecified atom stereocenters. The van der Waals surface area contributed by atoms with E-state index in [0.29, 0.717) is 22.9 Å². The van der Waals surface area contributed by atoms with Gasteiger partial charge >= 0.3 is 0 Å². The Morgan fingerprint density at radius 1 is 0.848 bits per heavy atom. The summed E-state index contributed by atoms with van der Waals surface area (Å²) in [5.41, 5.74) is 5.03. The van der Waals surface area contributed by atoms with E-state index in [9.17, 15) is 8.42 Å². The summed E-state index contributed by atoms with van der Waals surface area (Å²) in [6.45, 7) is 3.75. The summed E-state index contributed by atoms with van der Waals surface area (Å²) >= 11 is 0. The van der Waals surface area contributed by atoms with Gasteiger partial charge in [0.05, 0.1) is 10.6 Å². The molecule has 5 rings (SSSR count). The molecule has 0 aliphatic rings. The number of pyridine rings is 1. The van der Waals surface area contributed by atoms with Crippen LogP contribution in [-0.2, 0) is 10.0 Å². The maximum Gasteiger partial charge on any atom is 0.261 e. The molecule has 2 aromatic carbocycles. The summed E-state index contributed by atoms with van der Waals surface area (Å²) in [5, 5.41) is 13.1. The van der Waals surface area contributed by atoms with Gasteiger partial charge in [-0.15, -0.1) is 10.2 Å². The first-order chi connectivity index (χ1) is 15.9. The number of benzene rings is 2. The molecule has 0 saturated heterocycles. The third-order valence-corrected chi connectivity index (χ3v) is 6.46. The van der Waals surface area contributed by atoms with E-state index >= 15 is 0 Å². The van der Waals surface area contributed by atoms with Gasteiger partial charge in [-0.1, -0.05) is 18.2 Å². The van der Waals surface area contributed by atoms with Crippen LogP contribution in [0.2, 0.25) is 0 Å². The highest BCUT2D eigenvalue weighted by Crippen LogP contribution is 2.25. The second-order valence-corrected chi connectivity index (χ2v) is 9.45. The molecule has 0 amide bonds. The normalized spacial score (nSPS) is 11.6. The molecule has 3 heterocycles. The quantitative estimate of drug-likeness (QED) is 0.424. The molecule has 0 aliphatic heterocycles. The minimum Gasteiger partial charge on any atom is -0.280 e. The molecule has 1 N–H and O–H groups in total. The molecule has 33 heavy (non-hydrogen) atoms. The fraction of sp³-hybridized carbons (Fsp3) is 0.0833. The lowest BCUT2D eigenvalue weighted by atomic mass is 10.1. The van der Waals surface area contributed by atoms with Crippen LogP contribution >= 0.6 is 0 Å². The number of aromatic nitrogens is 5. The number of aryl methyl sites for hydroxylation is 2. The Hall–Kier alpha value is -4.11. The summed E-state index contributed by atoms with van der Waals surface area (Å²) in [7, 11) is -3.73. The van der Waals surface area contributed by atoms with Gasteiger partial charge in [-0.25, -0.2) is 8.42 Å². The van der Waals surface area contributed by atoms with Crippen molar-refractivity contribution in [3.8, 4) is 22.6 Å². The molecule has 0 spiro atoms. The Bertz CT molecular complexity index is 1560. The Labute approximate surface area is 191 Å². The van der Waals surface area contributed by atoms with E-state index in [1.807, 2.05) is 50.2 Å². The number of anilines is 1. The highest BCUT2D eigenvalue weighted by atomic mass is 32.2. The molecule has 0 aliphatic carbocycles. The highest BCUT2D eigenvalue weighted by molar-refractivity contribution is 7.92. The zero-order valence-corrected chi connectivity index (χ0v) is 18.8. The fourth-order valence-corrected chi connectivity index (χ4v) is 4.90. The van der Waals surface area contributed by atoms with E-state index in [2.05, 4.69) is 25.0 Å². The van der Waals surface area contributed by atoms with E-state index in [0.717, 1.165) is 22.3 Å². The summed E-state index contributed by atoms with van der Waals surface area (Å²) in [6, 6.07) is 19.7. The van der Waals surface area contributed by atoms with Crippen LogP contribution in [0.3, 0.4) is 0 Å². The van der Waals surface area contributed by atoms with Crippen molar-refractivity contribution in [3.05, 3.63) is 90.3 Å². The van der Waals surface area contributed by atoms with E-state index in [4.69, 9.17) is 0 Å². The van der Waals surface area contributed by atoms with Crippen LogP contribution in [0.25, 0.3) is 28.3 Å². The fourth-order valence-electron chi connectivity index (χ4n) is 3.66. The Balaban J connectivity index is 1.50. The Morgan fingerprint density at radius 3 is 2.39 bits per heavy atom. The number of hydrogen-bond acceptors (Lipinski definition) is 6. The number of nitrogens with zero attached hydrogens (tertiary/aromatic N) is 5. The molecule has 0 radical (unpaired) electrons. The number of sulfonamides is 1. The minimum atomic E-state index is -3.73. The van der Waals surface area contributed by atoms with Gasteiger partial charge in [-0.3, -0.25) is 9.71 Å². The van der Waals surface area contributed by atoms with Gasteiger partial charge in [-0.2, -0.15) is 9.61 Å². The van der Waals surface area contributed by atoms with Crippen molar-refractivity contribution < 1.29 is 8.42 Å². The van der Waals surface area contributed by atoms with E-state index < -0.39 is 10.0 Å². The standard InChI is InChI=1S/C24H20N6O2S/c1-16-11-17(2)13-21(12-16)33(31,32)29-20-7-3-5-18(14-20)22-8-9-23-26-27-24(30(23)28-22)19-6-4-10-25-15-19/h3-15,29H,1-2H3. The first kappa shape index (κ1) is 20.8. The van der Waals surface area contributed by atoms with Crippen LogP contribution in [0, 0.1) is 13.8 Å². The molecule has 9 heteroatoms. The predicted octanol–water partition coefficient (Wildman–Crippen LogP) is 4.27. The summed E-state index contributed by atoms with van der Waals surface area (Å²) < 4.78 is 30.2. The molecule has 5 aromatic rings. The maximum absolute atomic E-state index is 12.9. The predicted molar refractivity (Wildman–Crippen MR) is 126 cm³/mol. The first-order valence-electron chi connectivity index (χ1n) is 10.2. The van der Waals surface area contributed by atoms with Crippen molar-refractivity contribution in [3.63, 3.8) is 0 Å². The second kappa shape index (κ2) is 8.10. The van der Waals surface area contributed by atoms with Gasteiger partial charge < -0.3 is 0 Å². The van der Waals surface area contributed by atoms with Crippen LogP contribution in [0.1, 0.15) is 11.1 Å². The van der Waals surface area contributed by atoms with Gasteiger partial charge in [0.2, 0.25) is 0 Å². The van der Waals surface area contributed by atoms with Gasteiger partial charge in [0.15, 0.2) is 11.5 Å². The Kier molecular flexibility index (Phi) is 5.10. The zero-order valence-electron chi connectivity index (χ0n) is 18.0. The molecular weight excluding hydrogens is 436 g/mol. The lowest BCUT2D eigenvalue weighted by Crippen LogP contribution is -2.13.